The fraction of sp³-hybridized carbons (Fsp3) is 0.680. The number of phenols is 1. The highest BCUT2D eigenvalue weighted by atomic mass is 16.3. The first-order chi connectivity index (χ1) is 14.3. The quantitative estimate of drug-likeness (QED) is 0.269. The zero-order chi connectivity index (χ0) is 20.6. The summed E-state index contributed by atoms with van der Waals surface area (Å²) in [6.45, 7) is 2.28. The molecule has 1 aromatic heterocycles. The predicted molar refractivity (Wildman–Crippen MR) is 122 cm³/mol. The topological polar surface area (TPSA) is 61.8 Å². The molecule has 0 amide bonds. The number of aryl methyl sites for hydroxylation is 1. The highest BCUT2D eigenvalue weighted by molar-refractivity contribution is 5.55. The minimum Gasteiger partial charge on any atom is -0.508 e. The van der Waals surface area contributed by atoms with Gasteiger partial charge in [0.1, 0.15) is 11.6 Å². The first-order valence-electron chi connectivity index (χ1n) is 12.0. The first-order valence-corrected chi connectivity index (χ1v) is 12.0. The molecule has 0 saturated carbocycles. The van der Waals surface area contributed by atoms with Crippen LogP contribution in [-0.4, -0.2) is 20.3 Å². The molecule has 0 aliphatic rings. The van der Waals surface area contributed by atoms with E-state index in [1.807, 2.05) is 12.1 Å². The molecule has 4 nitrogen and oxygen atoms in total. The van der Waals surface area contributed by atoms with Crippen molar-refractivity contribution in [3.05, 3.63) is 30.1 Å². The van der Waals surface area contributed by atoms with E-state index >= 15 is 0 Å². The van der Waals surface area contributed by atoms with E-state index < -0.39 is 0 Å². The van der Waals surface area contributed by atoms with E-state index in [1.165, 1.54) is 96.3 Å². The molecule has 0 bridgehead atoms. The Balaban J connectivity index is 1.40. The summed E-state index contributed by atoms with van der Waals surface area (Å²) >= 11 is 0. The largest absolute Gasteiger partial charge is 0.508 e. The Labute approximate surface area is 177 Å². The molecule has 2 rings (SSSR count). The lowest BCUT2D eigenvalue weighted by Gasteiger charge is -2.03. The summed E-state index contributed by atoms with van der Waals surface area (Å²) < 4.78 is 0. The molecule has 0 aliphatic heterocycles. The summed E-state index contributed by atoms with van der Waals surface area (Å²) in [5.41, 5.74) is 0.932. The number of nitrogens with one attached hydrogen (secondary N) is 1. The third-order valence-corrected chi connectivity index (χ3v) is 5.67. The second-order valence-corrected chi connectivity index (χ2v) is 8.35. The normalized spacial score (nSPS) is 11.2. The van der Waals surface area contributed by atoms with Crippen molar-refractivity contribution in [3.63, 3.8) is 0 Å². The molecular formula is C25H41N3O. The monoisotopic (exact) mass is 399 g/mol. The second-order valence-electron chi connectivity index (χ2n) is 8.35. The van der Waals surface area contributed by atoms with Crippen molar-refractivity contribution < 1.29 is 5.11 Å². The lowest BCUT2D eigenvalue weighted by Crippen LogP contribution is -1.89. The molecule has 0 aliphatic carbocycles. The molecule has 0 fully saturated rings. The van der Waals surface area contributed by atoms with E-state index in [0.717, 1.165) is 17.8 Å². The summed E-state index contributed by atoms with van der Waals surface area (Å²) in [5.74, 6) is 1.94. The van der Waals surface area contributed by atoms with Gasteiger partial charge < -0.3 is 5.11 Å². The Kier molecular flexibility index (Phi) is 12.2. The van der Waals surface area contributed by atoms with Gasteiger partial charge in [0.25, 0.3) is 0 Å². The molecule has 2 N–H and O–H groups in total. The van der Waals surface area contributed by atoms with Crippen LogP contribution in [-0.2, 0) is 6.42 Å². The van der Waals surface area contributed by atoms with Crippen LogP contribution in [0.4, 0.5) is 0 Å². The Morgan fingerprint density at radius 2 is 1.17 bits per heavy atom. The summed E-state index contributed by atoms with van der Waals surface area (Å²) in [6, 6.07) is 7.02. The predicted octanol–water partition coefficient (Wildman–Crippen LogP) is 7.59. The smallest absolute Gasteiger partial charge is 0.181 e. The summed E-state index contributed by atoms with van der Waals surface area (Å²) in [7, 11) is 0. The molecule has 0 radical (unpaired) electrons. The molecule has 0 atom stereocenters. The minimum atomic E-state index is 0.266. The lowest BCUT2D eigenvalue weighted by molar-refractivity contribution is 0.475. The Morgan fingerprint density at radius 3 is 1.69 bits per heavy atom. The SMILES string of the molecule is CCCCCCCCCCCCCCCCCc1nc(-c2ccc(O)cc2)n[nH]1. The van der Waals surface area contributed by atoms with Gasteiger partial charge in [-0.2, -0.15) is 5.10 Å². The minimum absolute atomic E-state index is 0.266. The number of phenolic OH excluding ortho intramolecular Hbond substituents is 1. The number of unbranched alkanes of at least 4 members (excludes halogenated alkanes) is 14. The van der Waals surface area contributed by atoms with Crippen LogP contribution in [0.2, 0.25) is 0 Å². The molecule has 29 heavy (non-hydrogen) atoms. The summed E-state index contributed by atoms with van der Waals surface area (Å²) in [6.07, 6.45) is 21.7. The van der Waals surface area contributed by atoms with Gasteiger partial charge in [0.15, 0.2) is 5.82 Å². The van der Waals surface area contributed by atoms with E-state index in [2.05, 4.69) is 22.1 Å². The number of rotatable bonds is 17. The highest BCUT2D eigenvalue weighted by Gasteiger charge is 2.05. The number of aromatic hydroxyl groups is 1. The van der Waals surface area contributed by atoms with Gasteiger partial charge in [0.05, 0.1) is 0 Å². The number of H-pyrrole nitrogens is 1. The van der Waals surface area contributed by atoms with Crippen LogP contribution in [0.25, 0.3) is 11.4 Å². The molecule has 0 unspecified atom stereocenters. The molecule has 162 valence electrons. The second kappa shape index (κ2) is 15.1. The third-order valence-electron chi connectivity index (χ3n) is 5.67. The van der Waals surface area contributed by atoms with Crippen LogP contribution >= 0.6 is 0 Å². The molecular weight excluding hydrogens is 358 g/mol. The maximum atomic E-state index is 9.36. The molecule has 2 aromatic rings. The van der Waals surface area contributed by atoms with Gasteiger partial charge >= 0.3 is 0 Å². The number of aromatic nitrogens is 3. The number of benzene rings is 1. The first kappa shape index (κ1) is 23.4. The maximum absolute atomic E-state index is 9.36. The van der Waals surface area contributed by atoms with E-state index in [-0.39, 0.29) is 5.75 Å². The lowest BCUT2D eigenvalue weighted by atomic mass is 10.0. The Bertz CT molecular complexity index is 636. The molecule has 1 heterocycles. The highest BCUT2D eigenvalue weighted by Crippen LogP contribution is 2.19. The van der Waals surface area contributed by atoms with Gasteiger partial charge in [-0.05, 0) is 30.7 Å². The Hall–Kier alpha value is -1.84. The van der Waals surface area contributed by atoms with Crippen LogP contribution in [0.3, 0.4) is 0 Å². The van der Waals surface area contributed by atoms with Crippen molar-refractivity contribution >= 4 is 0 Å². The molecule has 0 saturated heterocycles. The Morgan fingerprint density at radius 1 is 0.690 bits per heavy atom. The van der Waals surface area contributed by atoms with E-state index in [1.54, 1.807) is 12.1 Å². The van der Waals surface area contributed by atoms with Gasteiger partial charge in [-0.15, -0.1) is 0 Å². The maximum Gasteiger partial charge on any atom is 0.181 e. The van der Waals surface area contributed by atoms with Crippen molar-refractivity contribution in [2.75, 3.05) is 0 Å². The van der Waals surface area contributed by atoms with Crippen molar-refractivity contribution in [2.45, 2.75) is 110 Å². The van der Waals surface area contributed by atoms with E-state index in [4.69, 9.17) is 0 Å². The number of hydrogen-bond donors (Lipinski definition) is 2. The number of nitrogens with zero attached hydrogens (tertiary/aromatic N) is 2. The zero-order valence-electron chi connectivity index (χ0n) is 18.5. The van der Waals surface area contributed by atoms with Gasteiger partial charge in [0.2, 0.25) is 0 Å². The summed E-state index contributed by atoms with van der Waals surface area (Å²) in [4.78, 5) is 4.57. The average molecular weight is 400 g/mol. The molecule has 1 aromatic carbocycles. The van der Waals surface area contributed by atoms with E-state index in [0.29, 0.717) is 5.82 Å². The van der Waals surface area contributed by atoms with Gasteiger partial charge in [-0.3, -0.25) is 5.10 Å². The fourth-order valence-corrected chi connectivity index (χ4v) is 3.81. The van der Waals surface area contributed by atoms with Crippen LogP contribution in [0, 0.1) is 0 Å². The van der Waals surface area contributed by atoms with Crippen molar-refractivity contribution in [1.82, 2.24) is 15.2 Å². The van der Waals surface area contributed by atoms with Crippen LogP contribution < -0.4 is 0 Å². The molecule has 4 heteroatoms. The number of aromatic amines is 1. The van der Waals surface area contributed by atoms with Crippen molar-refractivity contribution in [2.24, 2.45) is 0 Å². The van der Waals surface area contributed by atoms with Crippen molar-refractivity contribution in [3.8, 4) is 17.1 Å². The van der Waals surface area contributed by atoms with Gasteiger partial charge in [-0.1, -0.05) is 96.8 Å². The van der Waals surface area contributed by atoms with Gasteiger partial charge in [0, 0.05) is 12.0 Å². The third kappa shape index (κ3) is 10.5. The van der Waals surface area contributed by atoms with Crippen LogP contribution in [0.1, 0.15) is 109 Å². The number of hydrogen-bond acceptors (Lipinski definition) is 3. The molecule has 0 spiro atoms. The van der Waals surface area contributed by atoms with Gasteiger partial charge in [-0.25, -0.2) is 4.98 Å². The standard InChI is InChI=1S/C25H41N3O/c1-2-3-4-5-6-7-8-9-10-11-12-13-14-15-16-17-24-26-25(28-27-24)22-18-20-23(29)21-19-22/h18-21,29H,2-17H2,1H3,(H,26,27,28). The van der Waals surface area contributed by atoms with Crippen LogP contribution in [0.5, 0.6) is 5.75 Å². The van der Waals surface area contributed by atoms with Crippen LogP contribution in [0.15, 0.2) is 24.3 Å². The average Bonchev–Trinajstić information content (AvgIpc) is 3.20. The zero-order valence-corrected chi connectivity index (χ0v) is 18.5. The summed E-state index contributed by atoms with van der Waals surface area (Å²) in [5, 5.41) is 16.7. The van der Waals surface area contributed by atoms with E-state index in [9.17, 15) is 5.11 Å². The fourth-order valence-electron chi connectivity index (χ4n) is 3.81. The van der Waals surface area contributed by atoms with Crippen molar-refractivity contribution in [1.29, 1.82) is 0 Å².